The molecular formula is C24H25N3O4. The van der Waals surface area contributed by atoms with Crippen LogP contribution in [0.1, 0.15) is 12.0 Å². The van der Waals surface area contributed by atoms with Crippen molar-refractivity contribution in [2.24, 2.45) is 0 Å². The highest BCUT2D eigenvalue weighted by Gasteiger charge is 2.43. The highest BCUT2D eigenvalue weighted by atomic mass is 16.7. The van der Waals surface area contributed by atoms with Gasteiger partial charge in [0.05, 0.1) is 18.2 Å². The van der Waals surface area contributed by atoms with Crippen LogP contribution in [0, 0.1) is 0 Å². The van der Waals surface area contributed by atoms with E-state index in [-0.39, 0.29) is 31.1 Å². The molecule has 0 bridgehead atoms. The van der Waals surface area contributed by atoms with Gasteiger partial charge in [-0.2, -0.15) is 0 Å². The Morgan fingerprint density at radius 3 is 2.52 bits per heavy atom. The lowest BCUT2D eigenvalue weighted by Crippen LogP contribution is -2.52. The third-order valence-corrected chi connectivity index (χ3v) is 6.06. The highest BCUT2D eigenvalue weighted by molar-refractivity contribution is 6.22. The number of hydrogen-bond acceptors (Lipinski definition) is 6. The second-order valence-corrected chi connectivity index (χ2v) is 7.97. The molecule has 7 nitrogen and oxygen atoms in total. The lowest BCUT2D eigenvalue weighted by molar-refractivity contribution is -0.123. The maximum absolute atomic E-state index is 13.1. The largest absolute Gasteiger partial charge is 0.454 e. The molecule has 7 heteroatoms. The van der Waals surface area contributed by atoms with E-state index in [9.17, 15) is 9.59 Å². The minimum atomic E-state index is -0.389. The standard InChI is InChI=1S/C24H25N3O4/c28-23-16-20(24(29)27(23)19-8-9-21-22(15-19)31-17-30-21)26-13-11-25(12-14-26)10-4-7-18-5-2-1-3-6-18/h1-9,15,20H,10-14,16-17H2/b7-4+. The molecular weight excluding hydrogens is 394 g/mol. The normalized spacial score (nSPS) is 22.1. The number of imide groups is 1. The Balaban J connectivity index is 1.18. The molecule has 0 saturated carbocycles. The van der Waals surface area contributed by atoms with Crippen LogP contribution in [0.15, 0.2) is 54.6 Å². The molecule has 3 aliphatic rings. The summed E-state index contributed by atoms with van der Waals surface area (Å²) in [6, 6.07) is 15.1. The van der Waals surface area contributed by atoms with Crippen LogP contribution in [0.5, 0.6) is 11.5 Å². The van der Waals surface area contributed by atoms with Crippen molar-refractivity contribution in [3.8, 4) is 11.5 Å². The number of amides is 2. The number of carbonyl (C=O) groups is 2. The first-order valence-electron chi connectivity index (χ1n) is 10.6. The fourth-order valence-electron chi connectivity index (χ4n) is 4.36. The zero-order chi connectivity index (χ0) is 21.2. The van der Waals surface area contributed by atoms with E-state index in [1.807, 2.05) is 18.2 Å². The van der Waals surface area contributed by atoms with Gasteiger partial charge in [0.15, 0.2) is 11.5 Å². The van der Waals surface area contributed by atoms with E-state index in [1.54, 1.807) is 18.2 Å². The van der Waals surface area contributed by atoms with E-state index in [4.69, 9.17) is 9.47 Å². The fraction of sp³-hybridized carbons (Fsp3) is 0.333. The monoisotopic (exact) mass is 419 g/mol. The van der Waals surface area contributed by atoms with Crippen molar-refractivity contribution in [1.82, 2.24) is 9.80 Å². The van der Waals surface area contributed by atoms with Gasteiger partial charge in [0.25, 0.3) is 5.91 Å². The lowest BCUT2D eigenvalue weighted by atomic mass is 10.1. The van der Waals surface area contributed by atoms with Crippen molar-refractivity contribution >= 4 is 23.6 Å². The number of fused-ring (bicyclic) bond motifs is 1. The quantitative estimate of drug-likeness (QED) is 0.694. The minimum absolute atomic E-state index is 0.152. The van der Waals surface area contributed by atoms with Gasteiger partial charge in [-0.25, -0.2) is 4.90 Å². The zero-order valence-electron chi connectivity index (χ0n) is 17.3. The average molecular weight is 419 g/mol. The van der Waals surface area contributed by atoms with Gasteiger partial charge in [-0.1, -0.05) is 42.5 Å². The molecule has 2 amide bonds. The SMILES string of the molecule is O=C1CC(N2CCN(C/C=C/c3ccccc3)CC2)C(=O)N1c1ccc2c(c1)OCO2. The summed E-state index contributed by atoms with van der Waals surface area (Å²) in [5.74, 6) is 0.888. The summed E-state index contributed by atoms with van der Waals surface area (Å²) >= 11 is 0. The fourth-order valence-corrected chi connectivity index (χ4v) is 4.36. The summed E-state index contributed by atoms with van der Waals surface area (Å²) in [5.41, 5.74) is 1.74. The molecule has 1 atom stereocenters. The van der Waals surface area contributed by atoms with Crippen molar-refractivity contribution in [1.29, 1.82) is 0 Å². The molecule has 2 aromatic carbocycles. The number of rotatable bonds is 5. The second kappa shape index (κ2) is 8.53. The van der Waals surface area contributed by atoms with Gasteiger partial charge >= 0.3 is 0 Å². The molecule has 0 spiro atoms. The molecule has 0 aromatic heterocycles. The van der Waals surface area contributed by atoms with Crippen molar-refractivity contribution in [2.45, 2.75) is 12.5 Å². The van der Waals surface area contributed by atoms with Gasteiger partial charge in [0.2, 0.25) is 12.7 Å². The van der Waals surface area contributed by atoms with Crippen LogP contribution >= 0.6 is 0 Å². The van der Waals surface area contributed by atoms with Crippen LogP contribution in [-0.2, 0) is 9.59 Å². The molecule has 2 fully saturated rings. The lowest BCUT2D eigenvalue weighted by Gasteiger charge is -2.36. The molecule has 3 aliphatic heterocycles. The Kier molecular flexibility index (Phi) is 5.44. The van der Waals surface area contributed by atoms with Crippen molar-refractivity contribution in [3.05, 3.63) is 60.2 Å². The van der Waals surface area contributed by atoms with Gasteiger partial charge in [-0.05, 0) is 17.7 Å². The van der Waals surface area contributed by atoms with Crippen LogP contribution < -0.4 is 14.4 Å². The Morgan fingerprint density at radius 1 is 0.935 bits per heavy atom. The average Bonchev–Trinajstić information content (AvgIpc) is 3.38. The highest BCUT2D eigenvalue weighted by Crippen LogP contribution is 2.37. The molecule has 0 N–H and O–H groups in total. The maximum Gasteiger partial charge on any atom is 0.251 e. The van der Waals surface area contributed by atoms with Gasteiger partial charge in [-0.15, -0.1) is 0 Å². The molecule has 2 saturated heterocycles. The smallest absolute Gasteiger partial charge is 0.251 e. The van der Waals surface area contributed by atoms with Crippen LogP contribution in [-0.4, -0.2) is 67.2 Å². The molecule has 1 unspecified atom stereocenters. The first-order valence-corrected chi connectivity index (χ1v) is 10.6. The Morgan fingerprint density at radius 2 is 1.71 bits per heavy atom. The summed E-state index contributed by atoms with van der Waals surface area (Å²) in [7, 11) is 0. The van der Waals surface area contributed by atoms with Crippen LogP contribution in [0.4, 0.5) is 5.69 Å². The summed E-state index contributed by atoms with van der Waals surface area (Å²) in [4.78, 5) is 31.6. The van der Waals surface area contributed by atoms with E-state index in [2.05, 4.69) is 34.1 Å². The first-order chi connectivity index (χ1) is 15.2. The van der Waals surface area contributed by atoms with Crippen LogP contribution in [0.25, 0.3) is 6.08 Å². The first kappa shape index (κ1) is 19.8. The molecule has 31 heavy (non-hydrogen) atoms. The van der Waals surface area contributed by atoms with E-state index in [1.165, 1.54) is 10.5 Å². The van der Waals surface area contributed by atoms with Gasteiger partial charge in [-0.3, -0.25) is 19.4 Å². The number of benzene rings is 2. The van der Waals surface area contributed by atoms with Crippen LogP contribution in [0.2, 0.25) is 0 Å². The topological polar surface area (TPSA) is 62.3 Å². The van der Waals surface area contributed by atoms with Gasteiger partial charge in [0, 0.05) is 38.8 Å². The zero-order valence-corrected chi connectivity index (χ0v) is 17.3. The van der Waals surface area contributed by atoms with Gasteiger partial charge < -0.3 is 9.47 Å². The van der Waals surface area contributed by atoms with Crippen molar-refractivity contribution in [3.63, 3.8) is 0 Å². The predicted molar refractivity (Wildman–Crippen MR) is 117 cm³/mol. The summed E-state index contributed by atoms with van der Waals surface area (Å²) < 4.78 is 10.7. The molecule has 0 radical (unpaired) electrons. The molecule has 0 aliphatic carbocycles. The summed E-state index contributed by atoms with van der Waals surface area (Å²) in [6.45, 7) is 4.34. The maximum atomic E-state index is 13.1. The van der Waals surface area contributed by atoms with E-state index >= 15 is 0 Å². The number of carbonyl (C=O) groups excluding carboxylic acids is 2. The third kappa shape index (κ3) is 4.06. The number of nitrogens with zero attached hydrogens (tertiary/aromatic N) is 3. The third-order valence-electron chi connectivity index (χ3n) is 6.06. The van der Waals surface area contributed by atoms with Crippen molar-refractivity contribution in [2.75, 3.05) is 44.4 Å². The number of anilines is 1. The van der Waals surface area contributed by atoms with Crippen molar-refractivity contribution < 1.29 is 19.1 Å². The summed E-state index contributed by atoms with van der Waals surface area (Å²) in [6.07, 6.45) is 4.53. The molecule has 3 heterocycles. The van der Waals surface area contributed by atoms with Crippen LogP contribution in [0.3, 0.4) is 0 Å². The Hall–Kier alpha value is -3.16. The molecule has 5 rings (SSSR count). The minimum Gasteiger partial charge on any atom is -0.454 e. The molecule has 2 aromatic rings. The van der Waals surface area contributed by atoms with Gasteiger partial charge in [0.1, 0.15) is 0 Å². The van der Waals surface area contributed by atoms with E-state index in [0.29, 0.717) is 17.2 Å². The number of piperazine rings is 1. The molecule has 160 valence electrons. The second-order valence-electron chi connectivity index (χ2n) is 7.97. The van der Waals surface area contributed by atoms with E-state index in [0.717, 1.165) is 32.7 Å². The Labute approximate surface area is 181 Å². The Bertz CT molecular complexity index is 999. The number of hydrogen-bond donors (Lipinski definition) is 0. The summed E-state index contributed by atoms with van der Waals surface area (Å²) in [5, 5.41) is 0. The predicted octanol–water partition coefficient (Wildman–Crippen LogP) is 2.38. The van der Waals surface area contributed by atoms with E-state index < -0.39 is 0 Å². The number of ether oxygens (including phenoxy) is 2.